The highest BCUT2D eigenvalue weighted by molar-refractivity contribution is 9.10. The van der Waals surface area contributed by atoms with E-state index in [-0.39, 0.29) is 0 Å². The first kappa shape index (κ1) is 19.3. The average Bonchev–Trinajstić information content (AvgIpc) is 2.44. The number of alkyl carbamates (subject to hydrolysis) is 1. The smallest absolute Gasteiger partial charge is 0.407 e. The number of amides is 1. The van der Waals surface area contributed by atoms with Crippen LogP contribution in [-0.4, -0.2) is 37.9 Å². The molecule has 0 unspecified atom stereocenters. The summed E-state index contributed by atoms with van der Waals surface area (Å²) in [4.78, 5) is 23.1. The SMILES string of the molecule is COC(=O)c1ccc(Br)cc1OCCCNC(=O)OC(C)(C)C. The second-order valence-electron chi connectivity index (χ2n) is 5.76. The topological polar surface area (TPSA) is 73.9 Å². The van der Waals surface area contributed by atoms with E-state index in [9.17, 15) is 9.59 Å². The fourth-order valence-electron chi connectivity index (χ4n) is 1.65. The van der Waals surface area contributed by atoms with Crippen LogP contribution in [0.15, 0.2) is 22.7 Å². The summed E-state index contributed by atoms with van der Waals surface area (Å²) in [7, 11) is 1.32. The molecular formula is C16H22BrNO5. The van der Waals surface area contributed by atoms with E-state index in [1.165, 1.54) is 7.11 Å². The van der Waals surface area contributed by atoms with Gasteiger partial charge in [-0.1, -0.05) is 15.9 Å². The van der Waals surface area contributed by atoms with E-state index in [1.807, 2.05) is 0 Å². The largest absolute Gasteiger partial charge is 0.493 e. The van der Waals surface area contributed by atoms with E-state index in [1.54, 1.807) is 39.0 Å². The van der Waals surface area contributed by atoms with Gasteiger partial charge in [0.25, 0.3) is 0 Å². The molecular weight excluding hydrogens is 366 g/mol. The molecule has 23 heavy (non-hydrogen) atoms. The van der Waals surface area contributed by atoms with Crippen LogP contribution in [0.4, 0.5) is 4.79 Å². The summed E-state index contributed by atoms with van der Waals surface area (Å²) in [6.45, 7) is 6.17. The van der Waals surface area contributed by atoms with E-state index in [4.69, 9.17) is 14.2 Å². The number of carbonyl (C=O) groups is 2. The van der Waals surface area contributed by atoms with Crippen LogP contribution < -0.4 is 10.1 Å². The number of hydrogen-bond acceptors (Lipinski definition) is 5. The number of hydrogen-bond donors (Lipinski definition) is 1. The number of methoxy groups -OCH3 is 1. The normalized spacial score (nSPS) is 10.8. The maximum absolute atomic E-state index is 11.7. The summed E-state index contributed by atoms with van der Waals surface area (Å²) in [5, 5.41) is 2.64. The van der Waals surface area contributed by atoms with Crippen molar-refractivity contribution in [2.75, 3.05) is 20.3 Å². The molecule has 1 N–H and O–H groups in total. The lowest BCUT2D eigenvalue weighted by atomic mass is 10.2. The highest BCUT2D eigenvalue weighted by Crippen LogP contribution is 2.24. The number of halogens is 1. The van der Waals surface area contributed by atoms with Gasteiger partial charge in [0, 0.05) is 11.0 Å². The molecule has 6 nitrogen and oxygen atoms in total. The van der Waals surface area contributed by atoms with Crippen LogP contribution in [0.25, 0.3) is 0 Å². The fraction of sp³-hybridized carbons (Fsp3) is 0.500. The zero-order valence-corrected chi connectivity index (χ0v) is 15.4. The first-order valence-electron chi connectivity index (χ1n) is 7.20. The third-order valence-corrected chi connectivity index (χ3v) is 3.09. The summed E-state index contributed by atoms with van der Waals surface area (Å²) in [6, 6.07) is 5.07. The van der Waals surface area contributed by atoms with Crippen LogP contribution in [0.2, 0.25) is 0 Å². The molecule has 0 saturated heterocycles. The van der Waals surface area contributed by atoms with Crippen molar-refractivity contribution in [3.05, 3.63) is 28.2 Å². The quantitative estimate of drug-likeness (QED) is 0.596. The minimum Gasteiger partial charge on any atom is -0.493 e. The van der Waals surface area contributed by atoms with Gasteiger partial charge < -0.3 is 19.5 Å². The van der Waals surface area contributed by atoms with Crippen molar-refractivity contribution < 1.29 is 23.8 Å². The Hall–Kier alpha value is -1.76. The third kappa shape index (κ3) is 7.36. The van der Waals surface area contributed by atoms with Crippen molar-refractivity contribution in [1.29, 1.82) is 0 Å². The van der Waals surface area contributed by atoms with Gasteiger partial charge in [-0.3, -0.25) is 0 Å². The molecule has 0 fully saturated rings. The highest BCUT2D eigenvalue weighted by Gasteiger charge is 2.16. The predicted octanol–water partition coefficient (Wildman–Crippen LogP) is 3.53. The van der Waals surface area contributed by atoms with Crippen LogP contribution in [0.1, 0.15) is 37.6 Å². The molecule has 0 aliphatic carbocycles. The summed E-state index contributed by atoms with van der Waals surface area (Å²) in [5.41, 5.74) is -0.164. The Balaban J connectivity index is 2.43. The average molecular weight is 388 g/mol. The Morgan fingerprint density at radius 2 is 1.96 bits per heavy atom. The molecule has 0 heterocycles. The van der Waals surface area contributed by atoms with Crippen molar-refractivity contribution in [3.63, 3.8) is 0 Å². The number of carbonyl (C=O) groups excluding carboxylic acids is 2. The number of nitrogens with one attached hydrogen (secondary N) is 1. The predicted molar refractivity (Wildman–Crippen MR) is 89.8 cm³/mol. The van der Waals surface area contributed by atoms with Crippen LogP contribution >= 0.6 is 15.9 Å². The van der Waals surface area contributed by atoms with E-state index in [0.29, 0.717) is 30.9 Å². The van der Waals surface area contributed by atoms with Gasteiger partial charge in [0.05, 0.1) is 13.7 Å². The van der Waals surface area contributed by atoms with Gasteiger partial charge in [0.1, 0.15) is 16.9 Å². The van der Waals surface area contributed by atoms with E-state index in [0.717, 1.165) is 4.47 Å². The van der Waals surface area contributed by atoms with Gasteiger partial charge in [0.2, 0.25) is 0 Å². The van der Waals surface area contributed by atoms with Gasteiger partial charge in [-0.15, -0.1) is 0 Å². The van der Waals surface area contributed by atoms with Crippen LogP contribution in [0, 0.1) is 0 Å². The summed E-state index contributed by atoms with van der Waals surface area (Å²) < 4.78 is 16.2. The zero-order valence-electron chi connectivity index (χ0n) is 13.8. The van der Waals surface area contributed by atoms with Crippen LogP contribution in [0.3, 0.4) is 0 Å². The van der Waals surface area contributed by atoms with Crippen LogP contribution in [0.5, 0.6) is 5.75 Å². The third-order valence-electron chi connectivity index (χ3n) is 2.60. The molecule has 1 aromatic rings. The van der Waals surface area contributed by atoms with Crippen molar-refractivity contribution in [3.8, 4) is 5.75 Å². The minimum atomic E-state index is -0.522. The van der Waals surface area contributed by atoms with Crippen molar-refractivity contribution >= 4 is 28.0 Å². The molecule has 1 aromatic carbocycles. The highest BCUT2D eigenvalue weighted by atomic mass is 79.9. The van der Waals surface area contributed by atoms with Crippen molar-refractivity contribution in [2.24, 2.45) is 0 Å². The van der Waals surface area contributed by atoms with Crippen LogP contribution in [-0.2, 0) is 9.47 Å². The number of ether oxygens (including phenoxy) is 3. The molecule has 128 valence electrons. The van der Waals surface area contributed by atoms with Gasteiger partial charge in [-0.25, -0.2) is 9.59 Å². The van der Waals surface area contributed by atoms with E-state index >= 15 is 0 Å². The van der Waals surface area contributed by atoms with E-state index in [2.05, 4.69) is 21.2 Å². The Kier molecular flexibility index (Phi) is 7.35. The molecule has 0 saturated carbocycles. The van der Waals surface area contributed by atoms with Gasteiger partial charge in [0.15, 0.2) is 0 Å². The van der Waals surface area contributed by atoms with Gasteiger partial charge >= 0.3 is 12.1 Å². The van der Waals surface area contributed by atoms with E-state index < -0.39 is 17.7 Å². The zero-order chi connectivity index (χ0) is 17.5. The Morgan fingerprint density at radius 3 is 2.57 bits per heavy atom. The molecule has 1 rings (SSSR count). The molecule has 0 aromatic heterocycles. The lowest BCUT2D eigenvalue weighted by molar-refractivity contribution is 0.0525. The first-order chi connectivity index (χ1) is 10.7. The van der Waals surface area contributed by atoms with Crippen molar-refractivity contribution in [2.45, 2.75) is 32.8 Å². The van der Waals surface area contributed by atoms with Gasteiger partial charge in [-0.2, -0.15) is 0 Å². The summed E-state index contributed by atoms with van der Waals surface area (Å²) in [5.74, 6) is -0.0251. The number of rotatable bonds is 6. The Labute approximate surface area is 144 Å². The monoisotopic (exact) mass is 387 g/mol. The minimum absolute atomic E-state index is 0.343. The van der Waals surface area contributed by atoms with Gasteiger partial charge in [-0.05, 0) is 45.4 Å². The second kappa shape index (κ2) is 8.76. The molecule has 1 amide bonds. The maximum Gasteiger partial charge on any atom is 0.407 e. The number of esters is 1. The van der Waals surface area contributed by atoms with Crippen molar-refractivity contribution in [1.82, 2.24) is 5.32 Å². The lowest BCUT2D eigenvalue weighted by Crippen LogP contribution is -2.33. The molecule has 0 radical (unpaired) electrons. The molecule has 0 atom stereocenters. The molecule has 0 aliphatic heterocycles. The Bertz CT molecular complexity index is 554. The number of benzene rings is 1. The first-order valence-corrected chi connectivity index (χ1v) is 8.00. The molecule has 0 spiro atoms. The summed E-state index contributed by atoms with van der Waals surface area (Å²) in [6.07, 6.45) is 0.113. The summed E-state index contributed by atoms with van der Waals surface area (Å²) >= 11 is 3.33. The standard InChI is InChI=1S/C16H22BrNO5/c1-16(2,3)23-15(20)18-8-5-9-22-13-10-11(17)6-7-12(13)14(19)21-4/h6-7,10H,5,8-9H2,1-4H3,(H,18,20). The molecule has 0 aliphatic rings. The molecule has 0 bridgehead atoms. The Morgan fingerprint density at radius 1 is 1.26 bits per heavy atom. The molecule has 7 heteroatoms. The lowest BCUT2D eigenvalue weighted by Gasteiger charge is -2.19. The fourth-order valence-corrected chi connectivity index (χ4v) is 1.99. The second-order valence-corrected chi connectivity index (χ2v) is 6.68. The maximum atomic E-state index is 11.7.